The zero-order chi connectivity index (χ0) is 21.7. The SMILES string of the molecule is NCc1ccc(S(=O)(=O)N2CCC[C@H]2C(=O)NC(Cc2ccccc2)C(=O)O)cc1. The fraction of sp³-hybridized carbons (Fsp3) is 0.333. The molecule has 30 heavy (non-hydrogen) atoms. The molecular weight excluding hydrogens is 406 g/mol. The summed E-state index contributed by atoms with van der Waals surface area (Å²) in [5.74, 6) is -1.77. The van der Waals surface area contributed by atoms with E-state index in [9.17, 15) is 23.1 Å². The van der Waals surface area contributed by atoms with Crippen LogP contribution in [0.2, 0.25) is 0 Å². The summed E-state index contributed by atoms with van der Waals surface area (Å²) in [5, 5.41) is 12.0. The third-order valence-corrected chi connectivity index (χ3v) is 7.09. The van der Waals surface area contributed by atoms with Gasteiger partial charge in [0.15, 0.2) is 0 Å². The number of carbonyl (C=O) groups is 2. The van der Waals surface area contributed by atoms with Crippen LogP contribution in [-0.4, -0.2) is 48.3 Å². The molecule has 0 saturated carbocycles. The molecule has 0 bridgehead atoms. The normalized spacial score (nSPS) is 18.1. The molecule has 1 amide bonds. The molecule has 1 fully saturated rings. The van der Waals surface area contributed by atoms with Gasteiger partial charge in [0, 0.05) is 19.5 Å². The van der Waals surface area contributed by atoms with Gasteiger partial charge in [-0.3, -0.25) is 4.79 Å². The van der Waals surface area contributed by atoms with Gasteiger partial charge in [0.1, 0.15) is 12.1 Å². The molecule has 3 rings (SSSR count). The Morgan fingerprint density at radius 3 is 2.37 bits per heavy atom. The van der Waals surface area contributed by atoms with Crippen LogP contribution in [-0.2, 0) is 32.6 Å². The van der Waals surface area contributed by atoms with Crippen LogP contribution >= 0.6 is 0 Å². The topological polar surface area (TPSA) is 130 Å². The largest absolute Gasteiger partial charge is 0.480 e. The lowest BCUT2D eigenvalue weighted by Gasteiger charge is -2.25. The summed E-state index contributed by atoms with van der Waals surface area (Å²) in [7, 11) is -3.89. The van der Waals surface area contributed by atoms with Gasteiger partial charge in [-0.1, -0.05) is 42.5 Å². The van der Waals surface area contributed by atoms with Gasteiger partial charge in [0.05, 0.1) is 4.90 Å². The predicted molar refractivity (Wildman–Crippen MR) is 111 cm³/mol. The zero-order valence-corrected chi connectivity index (χ0v) is 17.2. The minimum absolute atomic E-state index is 0.0819. The Kier molecular flexibility index (Phi) is 6.86. The maximum atomic E-state index is 13.1. The van der Waals surface area contributed by atoms with Gasteiger partial charge < -0.3 is 16.2 Å². The van der Waals surface area contributed by atoms with Crippen LogP contribution in [0, 0.1) is 0 Å². The molecule has 2 aromatic rings. The van der Waals surface area contributed by atoms with Crippen molar-refractivity contribution >= 4 is 21.9 Å². The van der Waals surface area contributed by atoms with Crippen molar-refractivity contribution in [2.75, 3.05) is 6.54 Å². The van der Waals surface area contributed by atoms with Gasteiger partial charge in [0.2, 0.25) is 15.9 Å². The van der Waals surface area contributed by atoms with Gasteiger partial charge in [-0.05, 0) is 36.1 Å². The molecular formula is C21H25N3O5S. The highest BCUT2D eigenvalue weighted by molar-refractivity contribution is 7.89. The van der Waals surface area contributed by atoms with E-state index in [1.54, 1.807) is 36.4 Å². The van der Waals surface area contributed by atoms with Gasteiger partial charge >= 0.3 is 5.97 Å². The Balaban J connectivity index is 1.76. The van der Waals surface area contributed by atoms with Crippen molar-refractivity contribution in [3.05, 3.63) is 65.7 Å². The first-order chi connectivity index (χ1) is 14.3. The monoisotopic (exact) mass is 431 g/mol. The fourth-order valence-electron chi connectivity index (χ4n) is 3.54. The Bertz CT molecular complexity index is 993. The number of carboxylic acids is 1. The first kappa shape index (κ1) is 21.9. The summed E-state index contributed by atoms with van der Waals surface area (Å²) in [4.78, 5) is 24.6. The predicted octanol–water partition coefficient (Wildman–Crippen LogP) is 1.11. The fourth-order valence-corrected chi connectivity index (χ4v) is 5.20. The van der Waals surface area contributed by atoms with E-state index in [1.165, 1.54) is 12.1 Å². The first-order valence-corrected chi connectivity index (χ1v) is 11.1. The van der Waals surface area contributed by atoms with Crippen molar-refractivity contribution in [1.29, 1.82) is 0 Å². The second-order valence-electron chi connectivity index (χ2n) is 7.21. The maximum Gasteiger partial charge on any atom is 0.326 e. The van der Waals surface area contributed by atoms with Gasteiger partial charge in [-0.25, -0.2) is 13.2 Å². The van der Waals surface area contributed by atoms with Crippen molar-refractivity contribution in [2.24, 2.45) is 5.73 Å². The quantitative estimate of drug-likeness (QED) is 0.574. The van der Waals surface area contributed by atoms with E-state index in [1.807, 2.05) is 6.07 Å². The molecule has 0 aliphatic carbocycles. The minimum atomic E-state index is -3.89. The Morgan fingerprint density at radius 1 is 1.10 bits per heavy atom. The highest BCUT2D eigenvalue weighted by Crippen LogP contribution is 2.26. The molecule has 4 N–H and O–H groups in total. The summed E-state index contributed by atoms with van der Waals surface area (Å²) < 4.78 is 27.3. The number of rotatable bonds is 8. The molecule has 2 aromatic carbocycles. The summed E-state index contributed by atoms with van der Waals surface area (Å²) in [6.45, 7) is 0.503. The average molecular weight is 432 g/mol. The van der Waals surface area contributed by atoms with E-state index in [0.29, 0.717) is 19.4 Å². The van der Waals surface area contributed by atoms with Gasteiger partial charge in [-0.2, -0.15) is 4.31 Å². The van der Waals surface area contributed by atoms with Crippen LogP contribution in [0.5, 0.6) is 0 Å². The number of hydrogen-bond donors (Lipinski definition) is 3. The van der Waals surface area contributed by atoms with Crippen LogP contribution in [0.1, 0.15) is 24.0 Å². The van der Waals surface area contributed by atoms with E-state index in [2.05, 4.69) is 5.32 Å². The molecule has 0 radical (unpaired) electrons. The van der Waals surface area contributed by atoms with Crippen molar-refractivity contribution in [3.8, 4) is 0 Å². The van der Waals surface area contributed by atoms with Crippen LogP contribution < -0.4 is 11.1 Å². The van der Waals surface area contributed by atoms with E-state index >= 15 is 0 Å². The number of nitrogens with one attached hydrogen (secondary N) is 1. The van der Waals surface area contributed by atoms with Crippen molar-refractivity contribution in [2.45, 2.75) is 42.8 Å². The molecule has 8 nitrogen and oxygen atoms in total. The number of nitrogens with zero attached hydrogens (tertiary/aromatic N) is 1. The number of nitrogens with two attached hydrogens (primary N) is 1. The van der Waals surface area contributed by atoms with Crippen LogP contribution in [0.25, 0.3) is 0 Å². The number of carboxylic acid groups (broad SMARTS) is 1. The van der Waals surface area contributed by atoms with Crippen molar-refractivity contribution in [3.63, 3.8) is 0 Å². The highest BCUT2D eigenvalue weighted by atomic mass is 32.2. The summed E-state index contributed by atoms with van der Waals surface area (Å²) >= 11 is 0. The van der Waals surface area contributed by atoms with E-state index in [4.69, 9.17) is 5.73 Å². The molecule has 2 atom stereocenters. The van der Waals surface area contributed by atoms with Crippen LogP contribution in [0.3, 0.4) is 0 Å². The summed E-state index contributed by atoms with van der Waals surface area (Å²) in [6, 6.07) is 13.1. The van der Waals surface area contributed by atoms with Crippen molar-refractivity contribution in [1.82, 2.24) is 9.62 Å². The molecule has 0 spiro atoms. The van der Waals surface area contributed by atoms with Crippen molar-refractivity contribution < 1.29 is 23.1 Å². The lowest BCUT2D eigenvalue weighted by Crippen LogP contribution is -2.51. The van der Waals surface area contributed by atoms with E-state index in [-0.39, 0.29) is 17.9 Å². The number of aliphatic carboxylic acids is 1. The number of carbonyl (C=O) groups excluding carboxylic acids is 1. The summed E-state index contributed by atoms with van der Waals surface area (Å²) in [5.41, 5.74) is 7.12. The molecule has 1 heterocycles. The van der Waals surface area contributed by atoms with E-state index < -0.39 is 34.0 Å². The number of benzene rings is 2. The molecule has 160 valence electrons. The van der Waals surface area contributed by atoms with Crippen LogP contribution in [0.4, 0.5) is 0 Å². The Morgan fingerprint density at radius 2 is 1.77 bits per heavy atom. The molecule has 1 saturated heterocycles. The van der Waals surface area contributed by atoms with E-state index in [0.717, 1.165) is 15.4 Å². The second-order valence-corrected chi connectivity index (χ2v) is 9.10. The van der Waals surface area contributed by atoms with Crippen LogP contribution in [0.15, 0.2) is 59.5 Å². The molecule has 1 unspecified atom stereocenters. The Hall–Kier alpha value is -2.75. The zero-order valence-electron chi connectivity index (χ0n) is 16.4. The lowest BCUT2D eigenvalue weighted by atomic mass is 10.1. The summed E-state index contributed by atoms with van der Waals surface area (Å²) in [6.07, 6.45) is 0.972. The third kappa shape index (κ3) is 4.86. The molecule has 9 heteroatoms. The maximum absolute atomic E-state index is 13.1. The Labute approximate surface area is 175 Å². The van der Waals surface area contributed by atoms with Gasteiger partial charge in [0.25, 0.3) is 0 Å². The number of hydrogen-bond acceptors (Lipinski definition) is 5. The third-order valence-electron chi connectivity index (χ3n) is 5.17. The van der Waals surface area contributed by atoms with Gasteiger partial charge in [-0.15, -0.1) is 0 Å². The number of amides is 1. The molecule has 1 aliphatic heterocycles. The number of sulfonamides is 1. The second kappa shape index (κ2) is 9.38. The minimum Gasteiger partial charge on any atom is -0.480 e. The average Bonchev–Trinajstić information content (AvgIpc) is 3.25. The highest BCUT2D eigenvalue weighted by Gasteiger charge is 2.40. The standard InChI is InChI=1S/C21H25N3O5S/c22-14-16-8-10-17(11-9-16)30(28,29)24-12-4-7-19(24)20(25)23-18(21(26)27)13-15-5-2-1-3-6-15/h1-3,5-6,8-11,18-19H,4,7,12-14,22H2,(H,23,25)(H,26,27)/t18?,19-/m0/s1. The smallest absolute Gasteiger partial charge is 0.326 e. The first-order valence-electron chi connectivity index (χ1n) is 9.71. The lowest BCUT2D eigenvalue weighted by molar-refractivity contribution is -0.142. The molecule has 1 aliphatic rings. The molecule has 0 aromatic heterocycles.